The summed E-state index contributed by atoms with van der Waals surface area (Å²) in [6.45, 7) is 3.89. The maximum Gasteiger partial charge on any atom is 0.226 e. The number of halogens is 1. The van der Waals surface area contributed by atoms with Crippen LogP contribution in [0.3, 0.4) is 0 Å². The molecule has 0 bridgehead atoms. The molecule has 4 atom stereocenters. The Morgan fingerprint density at radius 3 is 2.83 bits per heavy atom. The number of rotatable bonds is 3. The zero-order valence-corrected chi connectivity index (χ0v) is 14.6. The molecule has 0 amide bonds. The Bertz CT molecular complexity index is 778. The molecule has 130 valence electrons. The number of nitrogens with one attached hydrogen (secondary N) is 1. The fourth-order valence-corrected chi connectivity index (χ4v) is 4.14. The maximum absolute atomic E-state index is 9.74. The van der Waals surface area contributed by atoms with Crippen LogP contribution in [0.25, 0.3) is 11.0 Å². The van der Waals surface area contributed by atoms with Gasteiger partial charge in [-0.25, -0.2) is 4.98 Å². The normalized spacial score (nSPS) is 31.5. The van der Waals surface area contributed by atoms with Gasteiger partial charge in [-0.2, -0.15) is 4.98 Å². The van der Waals surface area contributed by atoms with Crippen LogP contribution in [-0.4, -0.2) is 51.3 Å². The highest BCUT2D eigenvalue weighted by Crippen LogP contribution is 2.47. The van der Waals surface area contributed by atoms with Crippen molar-refractivity contribution >= 4 is 28.5 Å². The Morgan fingerprint density at radius 1 is 1.38 bits per heavy atom. The number of hydrogen-bond acceptors (Lipinski definition) is 6. The first-order valence-electron chi connectivity index (χ1n) is 8.12. The van der Waals surface area contributed by atoms with Crippen molar-refractivity contribution in [1.82, 2.24) is 14.5 Å². The Balaban J connectivity index is 1.79. The molecule has 2 fully saturated rings. The van der Waals surface area contributed by atoms with Gasteiger partial charge in [0.2, 0.25) is 5.28 Å². The number of fused-ring (bicyclic) bond motifs is 2. The van der Waals surface area contributed by atoms with Gasteiger partial charge in [-0.3, -0.25) is 0 Å². The molecule has 2 aromatic heterocycles. The van der Waals surface area contributed by atoms with Crippen LogP contribution in [0.2, 0.25) is 5.28 Å². The summed E-state index contributed by atoms with van der Waals surface area (Å²) < 4.78 is 14.2. The minimum Gasteiger partial charge on any atom is -0.396 e. The molecule has 0 spiro atoms. The summed E-state index contributed by atoms with van der Waals surface area (Å²) in [5, 5.41) is 13.9. The fraction of sp³-hybridized carbons (Fsp3) is 0.625. The van der Waals surface area contributed by atoms with Crippen molar-refractivity contribution < 1.29 is 14.6 Å². The standard InChI is InChI=1S/C16H21ClN4O3/c1-16(2)23-11-8(7-22)6-10(12(11)24-16)21-5-4-9-13(18-3)19-15(17)20-14(9)21/h4-5,8,10-12,22H,6-7H2,1-3H3,(H,18,19,20)/t8-,10-,11-,12+/m1/s1. The summed E-state index contributed by atoms with van der Waals surface area (Å²) in [6, 6.07) is 2.00. The molecule has 4 rings (SSSR count). The summed E-state index contributed by atoms with van der Waals surface area (Å²) in [5.74, 6) is 0.0916. The van der Waals surface area contributed by atoms with Crippen molar-refractivity contribution in [2.75, 3.05) is 19.0 Å². The number of aliphatic hydroxyl groups is 1. The summed E-state index contributed by atoms with van der Waals surface area (Å²) in [7, 11) is 1.80. The Hall–Kier alpha value is -1.41. The molecular weight excluding hydrogens is 332 g/mol. The van der Waals surface area contributed by atoms with Crippen LogP contribution < -0.4 is 5.32 Å². The van der Waals surface area contributed by atoms with Crippen molar-refractivity contribution in [3.8, 4) is 0 Å². The molecule has 1 saturated carbocycles. The van der Waals surface area contributed by atoms with E-state index < -0.39 is 5.79 Å². The van der Waals surface area contributed by atoms with Gasteiger partial charge >= 0.3 is 0 Å². The lowest BCUT2D eigenvalue weighted by molar-refractivity contribution is -0.161. The highest BCUT2D eigenvalue weighted by Gasteiger charge is 2.54. The zero-order valence-electron chi connectivity index (χ0n) is 13.9. The summed E-state index contributed by atoms with van der Waals surface area (Å²) in [5.41, 5.74) is 0.759. The number of aromatic nitrogens is 3. The van der Waals surface area contributed by atoms with E-state index in [4.69, 9.17) is 21.1 Å². The smallest absolute Gasteiger partial charge is 0.226 e. The van der Waals surface area contributed by atoms with Gasteiger partial charge in [0.1, 0.15) is 17.6 Å². The SMILES string of the molecule is CNc1nc(Cl)nc2c1ccn2[C@@H]1C[C@H](CO)[C@H]2OC(C)(C)O[C@H]21. The molecule has 2 N–H and O–H groups in total. The second-order valence-corrected chi connectivity index (χ2v) is 7.20. The highest BCUT2D eigenvalue weighted by molar-refractivity contribution is 6.28. The van der Waals surface area contributed by atoms with Crippen LogP contribution in [0.4, 0.5) is 5.82 Å². The van der Waals surface area contributed by atoms with Crippen LogP contribution >= 0.6 is 11.6 Å². The highest BCUT2D eigenvalue weighted by atomic mass is 35.5. The van der Waals surface area contributed by atoms with E-state index in [1.807, 2.05) is 26.1 Å². The zero-order chi connectivity index (χ0) is 17.1. The fourth-order valence-electron chi connectivity index (χ4n) is 3.97. The number of nitrogens with zero attached hydrogens (tertiary/aromatic N) is 3. The molecule has 1 aliphatic carbocycles. The third-order valence-corrected chi connectivity index (χ3v) is 5.09. The second kappa shape index (κ2) is 5.56. The number of hydrogen-bond donors (Lipinski definition) is 2. The van der Waals surface area contributed by atoms with E-state index in [1.54, 1.807) is 7.05 Å². The van der Waals surface area contributed by atoms with E-state index in [1.165, 1.54) is 0 Å². The first kappa shape index (κ1) is 16.1. The number of aliphatic hydroxyl groups excluding tert-OH is 1. The van der Waals surface area contributed by atoms with Crippen LogP contribution in [-0.2, 0) is 9.47 Å². The van der Waals surface area contributed by atoms with Gasteiger partial charge < -0.3 is 24.5 Å². The molecule has 1 saturated heterocycles. The van der Waals surface area contributed by atoms with E-state index in [-0.39, 0.29) is 36.1 Å². The summed E-state index contributed by atoms with van der Waals surface area (Å²) in [6.07, 6.45) is 2.50. The Morgan fingerprint density at radius 2 is 2.12 bits per heavy atom. The van der Waals surface area contributed by atoms with Crippen LogP contribution in [0.15, 0.2) is 12.3 Å². The summed E-state index contributed by atoms with van der Waals surface area (Å²) >= 11 is 6.08. The van der Waals surface area contributed by atoms with Gasteiger partial charge in [0.25, 0.3) is 0 Å². The van der Waals surface area contributed by atoms with E-state index in [9.17, 15) is 5.11 Å². The average molecular weight is 353 g/mol. The van der Waals surface area contributed by atoms with Crippen molar-refractivity contribution in [1.29, 1.82) is 0 Å². The van der Waals surface area contributed by atoms with Crippen molar-refractivity contribution in [2.24, 2.45) is 5.92 Å². The van der Waals surface area contributed by atoms with Gasteiger partial charge in [-0.1, -0.05) is 0 Å². The molecule has 24 heavy (non-hydrogen) atoms. The summed E-state index contributed by atoms with van der Waals surface area (Å²) in [4.78, 5) is 8.62. The molecule has 7 nitrogen and oxygen atoms in total. The van der Waals surface area contributed by atoms with Crippen molar-refractivity contribution in [3.63, 3.8) is 0 Å². The van der Waals surface area contributed by atoms with Gasteiger partial charge in [0, 0.05) is 25.8 Å². The second-order valence-electron chi connectivity index (χ2n) is 6.86. The largest absolute Gasteiger partial charge is 0.396 e. The van der Waals surface area contributed by atoms with Crippen LogP contribution in [0.1, 0.15) is 26.3 Å². The van der Waals surface area contributed by atoms with Gasteiger partial charge in [-0.15, -0.1) is 0 Å². The van der Waals surface area contributed by atoms with E-state index in [0.29, 0.717) is 5.82 Å². The minimum absolute atomic E-state index is 0.0297. The third kappa shape index (κ3) is 2.38. The van der Waals surface area contributed by atoms with E-state index >= 15 is 0 Å². The molecule has 0 aromatic carbocycles. The monoisotopic (exact) mass is 352 g/mol. The van der Waals surface area contributed by atoms with Gasteiger partial charge in [-0.05, 0) is 37.9 Å². The van der Waals surface area contributed by atoms with Gasteiger partial charge in [0.05, 0.1) is 17.5 Å². The van der Waals surface area contributed by atoms with Crippen LogP contribution in [0.5, 0.6) is 0 Å². The lowest BCUT2D eigenvalue weighted by atomic mass is 10.1. The third-order valence-electron chi connectivity index (χ3n) is 4.92. The lowest BCUT2D eigenvalue weighted by Crippen LogP contribution is -2.27. The Kier molecular flexibility index (Phi) is 3.72. The van der Waals surface area contributed by atoms with E-state index in [0.717, 1.165) is 17.5 Å². The maximum atomic E-state index is 9.74. The van der Waals surface area contributed by atoms with Gasteiger partial charge in [0.15, 0.2) is 5.79 Å². The topological polar surface area (TPSA) is 81.4 Å². The number of anilines is 1. The first-order valence-corrected chi connectivity index (χ1v) is 8.49. The molecule has 3 heterocycles. The molecule has 0 radical (unpaired) electrons. The molecule has 2 aliphatic rings. The lowest BCUT2D eigenvalue weighted by Gasteiger charge is -2.24. The minimum atomic E-state index is -0.646. The predicted molar refractivity (Wildman–Crippen MR) is 90.1 cm³/mol. The quantitative estimate of drug-likeness (QED) is 0.824. The van der Waals surface area contributed by atoms with E-state index in [2.05, 4.69) is 19.9 Å². The molecule has 1 aliphatic heterocycles. The molecule has 2 aromatic rings. The molecule has 0 unspecified atom stereocenters. The predicted octanol–water partition coefficient (Wildman–Crippen LogP) is 2.20. The van der Waals surface area contributed by atoms with Crippen LogP contribution in [0, 0.1) is 5.92 Å². The van der Waals surface area contributed by atoms with Crippen molar-refractivity contribution in [3.05, 3.63) is 17.5 Å². The number of ether oxygens (including phenoxy) is 2. The van der Waals surface area contributed by atoms with Crippen molar-refractivity contribution in [2.45, 2.75) is 44.3 Å². The first-order chi connectivity index (χ1) is 11.4. The Labute approximate surface area is 144 Å². The molecule has 8 heteroatoms. The molecular formula is C16H21ClN4O3. The average Bonchev–Trinajstić information content (AvgIpc) is 3.16.